The van der Waals surface area contributed by atoms with Crippen molar-refractivity contribution in [3.05, 3.63) is 179 Å². The van der Waals surface area contributed by atoms with E-state index in [0.717, 1.165) is 60.6 Å². The highest BCUT2D eigenvalue weighted by Gasteiger charge is 2.38. The molecule has 1 aliphatic rings. The molecule has 1 saturated heterocycles. The first kappa shape index (κ1) is 92.6. The molecule has 0 saturated carbocycles. The number of guanidine groups is 1. The third-order valence-electron chi connectivity index (χ3n) is 17.2. The molecule has 0 aromatic heterocycles. The van der Waals surface area contributed by atoms with Gasteiger partial charge in [-0.05, 0) is 63.8 Å². The first-order chi connectivity index (χ1) is 55.7. The van der Waals surface area contributed by atoms with E-state index >= 15 is 0 Å². The first-order valence-electron chi connectivity index (χ1n) is 36.1. The molecule has 1 heterocycles. The Bertz CT molecular complexity index is 4380. The van der Waals surface area contributed by atoms with Gasteiger partial charge in [0.05, 0.1) is 51.1 Å². The van der Waals surface area contributed by atoms with E-state index in [4.69, 9.17) is 11.1 Å². The second-order valence-electron chi connectivity index (χ2n) is 26.2. The number of benzene rings is 5. The Hall–Kier alpha value is -13.3. The van der Waals surface area contributed by atoms with E-state index in [2.05, 4.69) is 47.9 Å². The minimum Gasteiger partial charge on any atom is -0.481 e. The van der Waals surface area contributed by atoms with E-state index in [-0.39, 0.29) is 38.1 Å². The van der Waals surface area contributed by atoms with Gasteiger partial charge in [0.25, 0.3) is 5.24 Å². The number of aliphatic carboxylic acids is 6. The standard InChI is InChI=1S/C76H89N15O24S2/c77-75(78)80-29-13-22-47-66(106)81-40-57(93)84-52(35-60(98)99)71(111)87-49(32-41-14-5-1-6-15-41)69(109)86-48(68(108)85-47)27-30-79-67(107)50(33-58(94)95)88-72(112)53(36-61(100)101)90-74(114)55(38-63(104)105)91-73(113)54(37-62(102)103)89-70(110)51(34-59(96)97)83-56(92)28-31-116-117-76(115)82-39-42-23-25-46(26-24-42)65(45-20-11-4-12-21-45)64(43-16-7-2-8-17-43)44-18-9-3-10-19-44/h1-12,14-21,23-26,47-55,66,81,106H,13,22,27-40H2,(H,79,107)(H,82,115)(H,83,92)(H,84,93)(H,85,108)(H,86,109)(H,87,111)(H,88,112)(H,89,110)(H,90,114)(H,91,113)(H,94,95)(H,96,97)(H,98,99)(H,100,101)(H,102,103)(H,104,105)(H4,77,78,80)/t47?,48?,49-,50+,51+,52+,53+,54+,55+,66?/m1/s1. The number of aliphatic hydroxyl groups excluding tert-OH is 1. The summed E-state index contributed by atoms with van der Waals surface area (Å²) in [7, 11) is 1.66. The number of carboxylic acids is 6. The highest BCUT2D eigenvalue weighted by Crippen LogP contribution is 2.37. The molecule has 5 aromatic rings. The fourth-order valence-electron chi connectivity index (χ4n) is 11.7. The fourth-order valence-corrected chi connectivity index (χ4v) is 13.3. The van der Waals surface area contributed by atoms with E-state index in [9.17, 15) is 117 Å². The van der Waals surface area contributed by atoms with Crippen LogP contribution in [0.1, 0.15) is 97.6 Å². The van der Waals surface area contributed by atoms with Crippen molar-refractivity contribution in [3.63, 3.8) is 0 Å². The van der Waals surface area contributed by atoms with E-state index in [1.807, 2.05) is 137 Å². The smallest absolute Gasteiger partial charge is 0.305 e. The predicted molar refractivity (Wildman–Crippen MR) is 420 cm³/mol. The number of nitrogens with two attached hydrogens (primary N) is 1. The Morgan fingerprint density at radius 1 is 0.444 bits per heavy atom. The van der Waals surface area contributed by atoms with E-state index in [1.54, 1.807) is 30.3 Å². The van der Waals surface area contributed by atoms with Gasteiger partial charge in [0.2, 0.25) is 59.1 Å². The summed E-state index contributed by atoms with van der Waals surface area (Å²) < 4.78 is 0. The van der Waals surface area contributed by atoms with Gasteiger partial charge < -0.3 is 105 Å². The maximum Gasteiger partial charge on any atom is 0.305 e. The highest BCUT2D eigenvalue weighted by atomic mass is 33.1. The lowest BCUT2D eigenvalue weighted by molar-refractivity contribution is -0.145. The Kier molecular flexibility index (Phi) is 37.5. The second-order valence-corrected chi connectivity index (χ2v) is 28.6. The van der Waals surface area contributed by atoms with Crippen molar-refractivity contribution in [1.82, 2.24) is 69.1 Å². The lowest BCUT2D eigenvalue weighted by Crippen LogP contribution is -2.60. The quantitative estimate of drug-likeness (QED) is 0.00720. The van der Waals surface area contributed by atoms with Crippen molar-refractivity contribution >= 4 is 139 Å². The van der Waals surface area contributed by atoms with Crippen LogP contribution in [0.25, 0.3) is 11.1 Å². The van der Waals surface area contributed by atoms with Crippen LogP contribution in [0, 0.1) is 5.41 Å². The first-order valence-corrected chi connectivity index (χ1v) is 38.5. The molecule has 6 rings (SSSR count). The maximum atomic E-state index is 14.3. The van der Waals surface area contributed by atoms with Crippen LogP contribution in [-0.4, -0.2) is 228 Å². The van der Waals surface area contributed by atoms with Crippen molar-refractivity contribution in [2.45, 2.75) is 138 Å². The normalized spacial score (nSPS) is 16.9. The Morgan fingerprint density at radius 3 is 1.30 bits per heavy atom. The molecule has 1 fully saturated rings. The molecule has 117 heavy (non-hydrogen) atoms. The summed E-state index contributed by atoms with van der Waals surface area (Å²) >= 11 is 0. The highest BCUT2D eigenvalue weighted by molar-refractivity contribution is 8.82. The molecule has 0 radical (unpaired) electrons. The van der Waals surface area contributed by atoms with Gasteiger partial charge in [0, 0.05) is 49.0 Å². The fraction of sp³-hybridized carbons (Fsp3) is 0.342. The minimum atomic E-state index is -2.40. The van der Waals surface area contributed by atoms with Crippen LogP contribution < -0.4 is 74.9 Å². The van der Waals surface area contributed by atoms with Crippen LogP contribution in [0.4, 0.5) is 4.79 Å². The number of carbonyl (C=O) groups is 17. The number of rotatable bonds is 41. The zero-order chi connectivity index (χ0) is 85.7. The molecule has 41 heteroatoms. The average Bonchev–Trinajstić information content (AvgIpc) is 0.850. The third-order valence-corrected chi connectivity index (χ3v) is 19.3. The summed E-state index contributed by atoms with van der Waals surface area (Å²) in [6.45, 7) is -1.37. The van der Waals surface area contributed by atoms with Crippen LogP contribution >= 0.6 is 21.6 Å². The van der Waals surface area contributed by atoms with Gasteiger partial charge in [0.15, 0.2) is 5.96 Å². The molecule has 5 aromatic carbocycles. The molecule has 10 atom stereocenters. The molecule has 3 unspecified atom stereocenters. The largest absolute Gasteiger partial charge is 0.481 e. The van der Waals surface area contributed by atoms with E-state index in [1.165, 1.54) is 0 Å². The monoisotopic (exact) mass is 1660 g/mol. The molecular weight excluding hydrogens is 1570 g/mol. The number of hydrogen-bond donors (Lipinski definition) is 22. The van der Waals surface area contributed by atoms with E-state index < -0.39 is 231 Å². The van der Waals surface area contributed by atoms with Gasteiger partial charge in [0.1, 0.15) is 54.6 Å². The summed E-state index contributed by atoms with van der Waals surface area (Å²) in [6, 6.07) is 27.4. The summed E-state index contributed by atoms with van der Waals surface area (Å²) in [6.07, 6.45) is -10.9. The Labute approximate surface area is 675 Å². The molecule has 39 nitrogen and oxygen atoms in total. The Balaban J connectivity index is 1.09. The Morgan fingerprint density at radius 2 is 0.855 bits per heavy atom. The summed E-state index contributed by atoms with van der Waals surface area (Å²) in [5, 5.41) is 106. The van der Waals surface area contributed by atoms with Crippen molar-refractivity contribution in [1.29, 1.82) is 5.41 Å². The van der Waals surface area contributed by atoms with Gasteiger partial charge in [-0.1, -0.05) is 156 Å². The molecular formula is C76H89N15O24S2. The van der Waals surface area contributed by atoms with Crippen molar-refractivity contribution in [2.24, 2.45) is 5.73 Å². The number of amides is 11. The number of nitrogens with one attached hydrogen (secondary N) is 14. The number of hydrogen-bond acceptors (Lipinski definition) is 22. The SMILES string of the molecule is N=C(N)NCCCC1NC(=O)C(CCNC(=O)[C@H](CC(=O)O)NC(=O)[C@H](CC(=O)O)NC(=O)[C@H](CC(=O)O)NC(=O)[C@H](CC(=O)O)NC(=O)[C@H](CC(=O)O)NC(=O)CCSSC(=O)NCc2ccc(C(=C(c3ccccc3)c3ccccc3)c3ccccc3)cc2)NC(=O)[C@@H](Cc2ccccc2)NC(=O)[C@H](CC(=O)O)NC(=O)CNC1O. The van der Waals surface area contributed by atoms with Crippen molar-refractivity contribution < 1.29 is 117 Å². The van der Waals surface area contributed by atoms with Gasteiger partial charge in [-0.15, -0.1) is 0 Å². The lowest BCUT2D eigenvalue weighted by atomic mass is 9.85. The van der Waals surface area contributed by atoms with Crippen LogP contribution in [-0.2, 0) is 89.7 Å². The summed E-state index contributed by atoms with van der Waals surface area (Å²) in [5.74, 6) is -24.3. The van der Waals surface area contributed by atoms with Crippen LogP contribution in [0.3, 0.4) is 0 Å². The zero-order valence-corrected chi connectivity index (χ0v) is 64.0. The van der Waals surface area contributed by atoms with Gasteiger partial charge >= 0.3 is 35.8 Å². The number of carboxylic acid groups (broad SMARTS) is 6. The average molecular weight is 1660 g/mol. The maximum absolute atomic E-state index is 14.3. The van der Waals surface area contributed by atoms with Gasteiger partial charge in [-0.25, -0.2) is 0 Å². The molecule has 23 N–H and O–H groups in total. The summed E-state index contributed by atoms with van der Waals surface area (Å²) in [4.78, 5) is 224. The number of aliphatic hydroxyl groups is 1. The third kappa shape index (κ3) is 32.6. The minimum absolute atomic E-state index is 0.0109. The van der Waals surface area contributed by atoms with E-state index in [0.29, 0.717) is 5.56 Å². The van der Waals surface area contributed by atoms with Crippen molar-refractivity contribution in [2.75, 3.05) is 25.4 Å². The topological polar surface area (TPSA) is 638 Å². The molecule has 624 valence electrons. The molecule has 0 spiro atoms. The lowest BCUT2D eigenvalue weighted by Gasteiger charge is -2.28. The number of carbonyl (C=O) groups excluding carboxylic acids is 11. The zero-order valence-electron chi connectivity index (χ0n) is 62.4. The summed E-state index contributed by atoms with van der Waals surface area (Å²) in [5.41, 5.74) is 12.4. The van der Waals surface area contributed by atoms with Crippen LogP contribution in [0.2, 0.25) is 0 Å². The molecule has 11 amide bonds. The van der Waals surface area contributed by atoms with Gasteiger partial charge in [-0.2, -0.15) is 0 Å². The second kappa shape index (κ2) is 47.4. The van der Waals surface area contributed by atoms with Crippen LogP contribution in [0.15, 0.2) is 146 Å². The molecule has 0 aliphatic carbocycles. The van der Waals surface area contributed by atoms with Gasteiger partial charge in [-0.3, -0.25) is 92.2 Å². The molecule has 0 bridgehead atoms. The van der Waals surface area contributed by atoms with Crippen LogP contribution in [0.5, 0.6) is 0 Å². The molecule has 1 aliphatic heterocycles. The van der Waals surface area contributed by atoms with Crippen molar-refractivity contribution in [3.8, 4) is 0 Å². The predicted octanol–water partition coefficient (Wildman–Crippen LogP) is -1.18.